The number of hydrogen-bond donors (Lipinski definition) is 1. The average molecular weight is 391 g/mol. The van der Waals surface area contributed by atoms with Gasteiger partial charge in [-0.15, -0.1) is 0 Å². The van der Waals surface area contributed by atoms with Gasteiger partial charge in [0.2, 0.25) is 0 Å². The molecule has 1 aromatic heterocycles. The van der Waals surface area contributed by atoms with Crippen molar-refractivity contribution in [2.75, 3.05) is 0 Å². The Balaban J connectivity index is 1.65. The zero-order chi connectivity index (χ0) is 19.5. The second kappa shape index (κ2) is 8.36. The number of carbonyl (C=O) groups excluding carboxylic acids is 1. The molecule has 1 saturated carbocycles. The predicted octanol–water partition coefficient (Wildman–Crippen LogP) is 6.00. The van der Waals surface area contributed by atoms with Crippen LogP contribution in [0.2, 0.25) is 0 Å². The Hall–Kier alpha value is -2.33. The molecular formula is C24H26N2OS. The van der Waals surface area contributed by atoms with Gasteiger partial charge in [-0.05, 0) is 49.9 Å². The number of para-hydroxylation sites is 1. The molecule has 1 N–H and O–H groups in total. The molecule has 1 fully saturated rings. The summed E-state index contributed by atoms with van der Waals surface area (Å²) in [6, 6.07) is 18.5. The van der Waals surface area contributed by atoms with Crippen LogP contribution >= 0.6 is 11.8 Å². The molecule has 3 nitrogen and oxygen atoms in total. The Labute approximate surface area is 171 Å². The van der Waals surface area contributed by atoms with Crippen molar-refractivity contribution in [3.63, 3.8) is 0 Å². The van der Waals surface area contributed by atoms with Crippen molar-refractivity contribution in [2.24, 2.45) is 5.92 Å². The molecule has 1 heterocycles. The fourth-order valence-corrected chi connectivity index (χ4v) is 4.73. The van der Waals surface area contributed by atoms with Gasteiger partial charge in [0.1, 0.15) is 5.03 Å². The van der Waals surface area contributed by atoms with Crippen LogP contribution in [0.15, 0.2) is 64.5 Å². The maximum atomic E-state index is 13.2. The smallest absolute Gasteiger partial charge is 0.252 e. The second-order valence-electron chi connectivity index (χ2n) is 7.78. The van der Waals surface area contributed by atoms with Crippen LogP contribution in [-0.2, 0) is 0 Å². The molecule has 144 valence electrons. The molecule has 0 radical (unpaired) electrons. The van der Waals surface area contributed by atoms with Gasteiger partial charge in [-0.1, -0.05) is 67.4 Å². The van der Waals surface area contributed by atoms with Crippen LogP contribution in [0.5, 0.6) is 0 Å². The molecule has 2 aromatic carbocycles. The Morgan fingerprint density at radius 3 is 2.61 bits per heavy atom. The fraction of sp³-hybridized carbons (Fsp3) is 0.333. The molecule has 0 bridgehead atoms. The zero-order valence-electron chi connectivity index (χ0n) is 16.4. The number of hydrogen-bond acceptors (Lipinski definition) is 3. The number of pyridine rings is 1. The van der Waals surface area contributed by atoms with Gasteiger partial charge < -0.3 is 5.32 Å². The first-order valence-corrected chi connectivity index (χ1v) is 10.9. The van der Waals surface area contributed by atoms with Crippen molar-refractivity contribution in [3.05, 3.63) is 65.7 Å². The lowest BCUT2D eigenvalue weighted by molar-refractivity contribution is 0.0911. The minimum atomic E-state index is 0.0168. The van der Waals surface area contributed by atoms with Gasteiger partial charge in [0.05, 0.1) is 11.1 Å². The summed E-state index contributed by atoms with van der Waals surface area (Å²) >= 11 is 1.60. The molecule has 0 aliphatic heterocycles. The fourth-order valence-electron chi connectivity index (χ4n) is 3.90. The normalized spacial score (nSPS) is 19.5. The number of nitrogens with zero attached hydrogens (tertiary/aromatic N) is 1. The zero-order valence-corrected chi connectivity index (χ0v) is 17.3. The van der Waals surface area contributed by atoms with Gasteiger partial charge in [0.15, 0.2) is 0 Å². The van der Waals surface area contributed by atoms with Gasteiger partial charge >= 0.3 is 0 Å². The molecule has 0 spiro atoms. The molecule has 1 aliphatic carbocycles. The summed E-state index contributed by atoms with van der Waals surface area (Å²) in [5, 5.41) is 5.06. The predicted molar refractivity (Wildman–Crippen MR) is 116 cm³/mol. The Morgan fingerprint density at radius 1 is 1.07 bits per heavy atom. The monoisotopic (exact) mass is 390 g/mol. The number of benzene rings is 2. The van der Waals surface area contributed by atoms with E-state index in [2.05, 4.69) is 43.4 Å². The highest BCUT2D eigenvalue weighted by Gasteiger charge is 2.24. The van der Waals surface area contributed by atoms with E-state index in [4.69, 9.17) is 4.98 Å². The van der Waals surface area contributed by atoms with Gasteiger partial charge in [-0.2, -0.15) is 0 Å². The van der Waals surface area contributed by atoms with E-state index in [1.54, 1.807) is 11.8 Å². The molecule has 1 aliphatic rings. The van der Waals surface area contributed by atoms with Crippen molar-refractivity contribution in [1.29, 1.82) is 0 Å². The summed E-state index contributed by atoms with van der Waals surface area (Å²) in [7, 11) is 0. The van der Waals surface area contributed by atoms with E-state index in [0.717, 1.165) is 32.8 Å². The molecule has 3 aromatic rings. The molecule has 1 amide bonds. The number of amides is 1. The van der Waals surface area contributed by atoms with Crippen LogP contribution in [0.3, 0.4) is 0 Å². The molecule has 4 heteroatoms. The van der Waals surface area contributed by atoms with Crippen molar-refractivity contribution in [1.82, 2.24) is 10.3 Å². The van der Waals surface area contributed by atoms with Gasteiger partial charge in [-0.25, -0.2) is 4.98 Å². The molecule has 2 atom stereocenters. The average Bonchev–Trinajstić information content (AvgIpc) is 2.71. The summed E-state index contributed by atoms with van der Waals surface area (Å²) in [5.41, 5.74) is 2.82. The first-order valence-electron chi connectivity index (χ1n) is 10.1. The summed E-state index contributed by atoms with van der Waals surface area (Å²) in [4.78, 5) is 19.1. The summed E-state index contributed by atoms with van der Waals surface area (Å²) in [6.07, 6.45) is 4.72. The molecule has 4 rings (SSSR count). The van der Waals surface area contributed by atoms with E-state index >= 15 is 0 Å². The highest BCUT2D eigenvalue weighted by molar-refractivity contribution is 7.99. The van der Waals surface area contributed by atoms with Crippen LogP contribution in [0.1, 0.15) is 48.5 Å². The lowest BCUT2D eigenvalue weighted by atomic mass is 9.86. The van der Waals surface area contributed by atoms with Crippen molar-refractivity contribution in [2.45, 2.75) is 55.5 Å². The SMILES string of the molecule is Cc1ccc(Sc2cc(C(=O)N[C@H]3CCCC[C@@H]3C)c3ccccc3n2)cc1. The van der Waals surface area contributed by atoms with Crippen molar-refractivity contribution >= 4 is 28.6 Å². The molecule has 0 saturated heterocycles. The van der Waals surface area contributed by atoms with E-state index in [1.165, 1.54) is 24.8 Å². The Kier molecular flexibility index (Phi) is 5.67. The number of aryl methyl sites for hydroxylation is 1. The van der Waals surface area contributed by atoms with E-state index < -0.39 is 0 Å². The lowest BCUT2D eigenvalue weighted by Crippen LogP contribution is -2.41. The first kappa shape index (κ1) is 19.0. The number of nitrogens with one attached hydrogen (secondary N) is 1. The number of fused-ring (bicyclic) bond motifs is 1. The highest BCUT2D eigenvalue weighted by atomic mass is 32.2. The van der Waals surface area contributed by atoms with Crippen LogP contribution in [0, 0.1) is 12.8 Å². The van der Waals surface area contributed by atoms with Crippen molar-refractivity contribution in [3.8, 4) is 0 Å². The molecule has 0 unspecified atom stereocenters. The largest absolute Gasteiger partial charge is 0.349 e. The number of rotatable bonds is 4. The molecule has 28 heavy (non-hydrogen) atoms. The Morgan fingerprint density at radius 2 is 1.82 bits per heavy atom. The van der Waals surface area contributed by atoms with Crippen molar-refractivity contribution < 1.29 is 4.79 Å². The van der Waals surface area contributed by atoms with Gasteiger partial charge in [-0.3, -0.25) is 4.79 Å². The van der Waals surface area contributed by atoms with E-state index in [9.17, 15) is 4.79 Å². The summed E-state index contributed by atoms with van der Waals surface area (Å²) < 4.78 is 0. The van der Waals surface area contributed by atoms with Gasteiger partial charge in [0.25, 0.3) is 5.91 Å². The van der Waals surface area contributed by atoms with Crippen LogP contribution in [0.4, 0.5) is 0 Å². The lowest BCUT2D eigenvalue weighted by Gasteiger charge is -2.29. The third-order valence-corrected chi connectivity index (χ3v) is 6.53. The molecular weight excluding hydrogens is 364 g/mol. The van der Waals surface area contributed by atoms with E-state index in [0.29, 0.717) is 5.92 Å². The number of aromatic nitrogens is 1. The second-order valence-corrected chi connectivity index (χ2v) is 8.88. The highest BCUT2D eigenvalue weighted by Crippen LogP contribution is 2.30. The maximum absolute atomic E-state index is 13.2. The van der Waals surface area contributed by atoms with Crippen LogP contribution < -0.4 is 5.32 Å². The van der Waals surface area contributed by atoms with E-state index in [-0.39, 0.29) is 11.9 Å². The number of carbonyl (C=O) groups is 1. The minimum Gasteiger partial charge on any atom is -0.349 e. The Bertz CT molecular complexity index is 984. The first-order chi connectivity index (χ1) is 13.6. The van der Waals surface area contributed by atoms with E-state index in [1.807, 2.05) is 30.3 Å². The maximum Gasteiger partial charge on any atom is 0.252 e. The summed E-state index contributed by atoms with van der Waals surface area (Å²) in [5.74, 6) is 0.551. The summed E-state index contributed by atoms with van der Waals surface area (Å²) in [6.45, 7) is 4.32. The van der Waals surface area contributed by atoms with Crippen LogP contribution in [-0.4, -0.2) is 16.9 Å². The van der Waals surface area contributed by atoms with Crippen LogP contribution in [0.25, 0.3) is 10.9 Å². The standard InChI is InChI=1S/C24H26N2OS/c1-16-11-13-18(14-12-16)28-23-15-20(19-8-4-6-10-22(19)25-23)24(27)26-21-9-5-3-7-17(21)2/h4,6,8,10-15,17,21H,3,5,7,9H2,1-2H3,(H,26,27)/t17-,21-/m0/s1. The minimum absolute atomic E-state index is 0.0168. The topological polar surface area (TPSA) is 42.0 Å². The third kappa shape index (κ3) is 4.22. The third-order valence-electron chi connectivity index (χ3n) is 5.61. The van der Waals surface area contributed by atoms with Gasteiger partial charge in [0, 0.05) is 16.3 Å². The quantitative estimate of drug-likeness (QED) is 0.594.